The first-order valence-electron chi connectivity index (χ1n) is 10.7. The molecule has 0 aromatic heterocycles. The van der Waals surface area contributed by atoms with Crippen molar-refractivity contribution in [1.82, 2.24) is 5.32 Å². The smallest absolute Gasteiger partial charge is 0.263 e. The maximum absolute atomic E-state index is 13.1. The largest absolute Gasteiger partial charge is 0.346 e. The van der Waals surface area contributed by atoms with E-state index in [4.69, 9.17) is 11.6 Å². The van der Waals surface area contributed by atoms with E-state index < -0.39 is 10.0 Å². The molecule has 1 amide bonds. The molecule has 33 heavy (non-hydrogen) atoms. The third kappa shape index (κ3) is 5.40. The number of hydrogen-bond donors (Lipinski definition) is 2. The van der Waals surface area contributed by atoms with Crippen molar-refractivity contribution in [2.24, 2.45) is 0 Å². The van der Waals surface area contributed by atoms with Crippen LogP contribution < -0.4 is 10.0 Å². The van der Waals surface area contributed by atoms with Gasteiger partial charge in [0.05, 0.1) is 16.8 Å². The summed E-state index contributed by atoms with van der Waals surface area (Å²) in [6, 6.07) is 13.6. The minimum atomic E-state index is -4.00. The number of benzene rings is 3. The van der Waals surface area contributed by atoms with Gasteiger partial charge < -0.3 is 5.32 Å². The Labute approximate surface area is 201 Å². The number of aryl methyl sites for hydroxylation is 4. The van der Waals surface area contributed by atoms with Gasteiger partial charge in [0.1, 0.15) is 4.90 Å². The van der Waals surface area contributed by atoms with Crippen molar-refractivity contribution in [3.8, 4) is 0 Å². The van der Waals surface area contributed by atoms with Gasteiger partial charge >= 0.3 is 0 Å². The summed E-state index contributed by atoms with van der Waals surface area (Å²) in [6.45, 7) is 11.8. The molecular weight excluding hydrogens is 456 g/mol. The summed E-state index contributed by atoms with van der Waals surface area (Å²) in [6.07, 6.45) is 0. The van der Waals surface area contributed by atoms with E-state index >= 15 is 0 Å². The van der Waals surface area contributed by atoms with E-state index in [0.717, 1.165) is 27.8 Å². The highest BCUT2D eigenvalue weighted by Crippen LogP contribution is 2.28. The van der Waals surface area contributed by atoms with Crippen LogP contribution in [0.25, 0.3) is 0 Å². The summed E-state index contributed by atoms with van der Waals surface area (Å²) < 4.78 is 28.8. The molecule has 0 aliphatic rings. The number of halogens is 1. The van der Waals surface area contributed by atoms with E-state index in [1.807, 2.05) is 40.7 Å². The molecule has 0 aliphatic heterocycles. The average Bonchev–Trinajstić information content (AvgIpc) is 2.74. The fraction of sp³-hybridized carbons (Fsp3) is 0.269. The number of rotatable bonds is 6. The van der Waals surface area contributed by atoms with Crippen molar-refractivity contribution >= 4 is 33.2 Å². The molecule has 2 N–H and O–H groups in total. The summed E-state index contributed by atoms with van der Waals surface area (Å²) in [5.74, 6) is -0.375. The predicted molar refractivity (Wildman–Crippen MR) is 135 cm³/mol. The SMILES string of the molecule is Cc1cc(C)c(C(C)NC(=O)c2ccc(Cl)c(S(=O)(=O)Nc3cccc(C)c3C)c2)cc1C. The highest BCUT2D eigenvalue weighted by Gasteiger charge is 2.22. The van der Waals surface area contributed by atoms with Gasteiger partial charge in [-0.1, -0.05) is 35.9 Å². The van der Waals surface area contributed by atoms with E-state index in [9.17, 15) is 13.2 Å². The zero-order valence-electron chi connectivity index (χ0n) is 19.7. The first-order valence-corrected chi connectivity index (χ1v) is 12.5. The molecule has 0 radical (unpaired) electrons. The lowest BCUT2D eigenvalue weighted by Gasteiger charge is -2.19. The molecule has 0 bridgehead atoms. The van der Waals surface area contributed by atoms with Crippen LogP contribution in [0.4, 0.5) is 5.69 Å². The molecule has 3 aromatic rings. The van der Waals surface area contributed by atoms with E-state index in [2.05, 4.69) is 29.1 Å². The fourth-order valence-electron chi connectivity index (χ4n) is 3.72. The van der Waals surface area contributed by atoms with E-state index in [0.29, 0.717) is 5.69 Å². The van der Waals surface area contributed by atoms with Crippen molar-refractivity contribution < 1.29 is 13.2 Å². The second kappa shape index (κ2) is 9.57. The Balaban J connectivity index is 1.88. The van der Waals surface area contributed by atoms with Gasteiger partial charge in [-0.2, -0.15) is 0 Å². The van der Waals surface area contributed by atoms with Crippen LogP contribution in [0.15, 0.2) is 53.4 Å². The van der Waals surface area contributed by atoms with Crippen molar-refractivity contribution in [3.05, 3.63) is 92.5 Å². The fourth-order valence-corrected chi connectivity index (χ4v) is 5.37. The second-order valence-electron chi connectivity index (χ2n) is 8.49. The quantitative estimate of drug-likeness (QED) is 0.439. The number of anilines is 1. The Morgan fingerprint density at radius 1 is 0.879 bits per heavy atom. The third-order valence-corrected chi connectivity index (χ3v) is 7.88. The van der Waals surface area contributed by atoms with Crippen molar-refractivity contribution in [2.45, 2.75) is 52.5 Å². The van der Waals surface area contributed by atoms with Crippen LogP contribution >= 0.6 is 11.6 Å². The topological polar surface area (TPSA) is 75.3 Å². The molecular formula is C26H29ClN2O3S. The van der Waals surface area contributed by atoms with Gasteiger partial charge in [0.2, 0.25) is 0 Å². The van der Waals surface area contributed by atoms with Crippen molar-refractivity contribution in [2.75, 3.05) is 4.72 Å². The summed E-state index contributed by atoms with van der Waals surface area (Å²) in [4.78, 5) is 12.8. The van der Waals surface area contributed by atoms with Crippen LogP contribution in [0.1, 0.15) is 56.7 Å². The van der Waals surface area contributed by atoms with Crippen molar-refractivity contribution in [1.29, 1.82) is 0 Å². The first-order chi connectivity index (χ1) is 15.4. The summed E-state index contributed by atoms with van der Waals surface area (Å²) in [5, 5.41) is 3.01. The Hall–Kier alpha value is -2.83. The van der Waals surface area contributed by atoms with Gasteiger partial charge in [-0.15, -0.1) is 0 Å². The molecule has 0 aliphatic carbocycles. The summed E-state index contributed by atoms with van der Waals surface area (Å²) >= 11 is 6.23. The monoisotopic (exact) mass is 484 g/mol. The van der Waals surface area contributed by atoms with Crippen LogP contribution in [0.5, 0.6) is 0 Å². The number of sulfonamides is 1. The van der Waals surface area contributed by atoms with Crippen LogP contribution in [0, 0.1) is 34.6 Å². The van der Waals surface area contributed by atoms with E-state index in [-0.39, 0.29) is 27.4 Å². The molecule has 3 rings (SSSR count). The normalized spacial score (nSPS) is 12.3. The molecule has 7 heteroatoms. The number of amides is 1. The Morgan fingerprint density at radius 3 is 2.24 bits per heavy atom. The van der Waals surface area contributed by atoms with Gasteiger partial charge in [0.15, 0.2) is 0 Å². The van der Waals surface area contributed by atoms with Crippen LogP contribution in [0.3, 0.4) is 0 Å². The standard InChI is InChI=1S/C26H29ClN2O3S/c1-15-8-7-9-24(19(15)5)29-33(31,32)25-14-21(10-11-23(25)27)26(30)28-20(6)22-13-17(3)16(2)12-18(22)4/h7-14,20,29H,1-6H3,(H,28,30). The minimum Gasteiger partial charge on any atom is -0.346 e. The molecule has 5 nitrogen and oxygen atoms in total. The van der Waals surface area contributed by atoms with Gasteiger partial charge in [-0.25, -0.2) is 8.42 Å². The number of carbonyl (C=O) groups excluding carboxylic acids is 1. The van der Waals surface area contributed by atoms with Crippen LogP contribution in [-0.2, 0) is 10.0 Å². The lowest BCUT2D eigenvalue weighted by molar-refractivity contribution is 0.0939. The predicted octanol–water partition coefficient (Wildman–Crippen LogP) is 6.17. The number of nitrogens with one attached hydrogen (secondary N) is 2. The van der Waals surface area contributed by atoms with Crippen LogP contribution in [-0.4, -0.2) is 14.3 Å². The molecule has 0 fully saturated rings. The van der Waals surface area contributed by atoms with E-state index in [1.165, 1.54) is 23.8 Å². The van der Waals surface area contributed by atoms with Gasteiger partial charge in [-0.3, -0.25) is 9.52 Å². The highest BCUT2D eigenvalue weighted by atomic mass is 35.5. The second-order valence-corrected chi connectivity index (χ2v) is 10.5. The molecule has 0 saturated heterocycles. The zero-order valence-corrected chi connectivity index (χ0v) is 21.3. The first kappa shape index (κ1) is 24.8. The molecule has 0 heterocycles. The van der Waals surface area contributed by atoms with Crippen molar-refractivity contribution in [3.63, 3.8) is 0 Å². The lowest BCUT2D eigenvalue weighted by atomic mass is 9.96. The summed E-state index contributed by atoms with van der Waals surface area (Å²) in [5.41, 5.74) is 6.92. The van der Waals surface area contributed by atoms with Crippen LogP contribution in [0.2, 0.25) is 5.02 Å². The molecule has 1 atom stereocenters. The van der Waals surface area contributed by atoms with Gasteiger partial charge in [0.25, 0.3) is 15.9 Å². The average molecular weight is 485 g/mol. The lowest BCUT2D eigenvalue weighted by Crippen LogP contribution is -2.27. The number of hydrogen-bond acceptors (Lipinski definition) is 3. The van der Waals surface area contributed by atoms with Gasteiger partial charge in [0, 0.05) is 5.56 Å². The Kier molecular flexibility index (Phi) is 7.20. The van der Waals surface area contributed by atoms with E-state index in [1.54, 1.807) is 12.1 Å². The molecule has 174 valence electrons. The Bertz CT molecular complexity index is 1330. The number of carbonyl (C=O) groups is 1. The maximum atomic E-state index is 13.1. The Morgan fingerprint density at radius 2 is 1.55 bits per heavy atom. The molecule has 1 unspecified atom stereocenters. The molecule has 0 spiro atoms. The minimum absolute atomic E-state index is 0.0439. The third-order valence-electron chi connectivity index (χ3n) is 6.03. The molecule has 0 saturated carbocycles. The summed E-state index contributed by atoms with van der Waals surface area (Å²) in [7, 11) is -4.00. The molecule has 3 aromatic carbocycles. The van der Waals surface area contributed by atoms with Gasteiger partial charge in [-0.05, 0) is 99.2 Å². The highest BCUT2D eigenvalue weighted by molar-refractivity contribution is 7.92. The zero-order chi connectivity index (χ0) is 24.5. The maximum Gasteiger partial charge on any atom is 0.263 e.